The molecule has 9 nitrogen and oxygen atoms in total. The van der Waals surface area contributed by atoms with E-state index >= 15 is 0 Å². The molecule has 1 aliphatic rings. The second-order valence-corrected chi connectivity index (χ2v) is 7.25. The lowest BCUT2D eigenvalue weighted by Crippen LogP contribution is -2.43. The molecule has 10 heteroatoms. The summed E-state index contributed by atoms with van der Waals surface area (Å²) >= 11 is 5.95. The number of anilines is 1. The van der Waals surface area contributed by atoms with E-state index in [9.17, 15) is 9.90 Å². The fourth-order valence-corrected chi connectivity index (χ4v) is 3.68. The number of ether oxygens (including phenoxy) is 3. The van der Waals surface area contributed by atoms with Gasteiger partial charge in [0.2, 0.25) is 5.28 Å². The van der Waals surface area contributed by atoms with Crippen LogP contribution in [-0.2, 0) is 14.2 Å². The summed E-state index contributed by atoms with van der Waals surface area (Å²) in [5.41, 5.74) is 5.34. The summed E-state index contributed by atoms with van der Waals surface area (Å²) in [6.45, 7) is -0.848. The number of aromatic nitrogens is 3. The lowest BCUT2D eigenvalue weighted by atomic mass is 9.99. The first-order valence-electron chi connectivity index (χ1n) is 9.37. The number of halogens is 1. The van der Waals surface area contributed by atoms with Crippen LogP contribution in [0.4, 0.5) is 5.82 Å². The molecule has 3 N–H and O–H groups in total. The maximum absolute atomic E-state index is 12.1. The molecule has 3 heterocycles. The van der Waals surface area contributed by atoms with Crippen molar-refractivity contribution in [1.82, 2.24) is 14.5 Å². The minimum atomic E-state index is -1.43. The minimum Gasteiger partial charge on any atom is -0.435 e. The van der Waals surface area contributed by atoms with Gasteiger partial charge < -0.3 is 29.6 Å². The van der Waals surface area contributed by atoms with Crippen molar-refractivity contribution in [2.45, 2.75) is 24.4 Å². The maximum Gasteiger partial charge on any atom is 0.340 e. The molecule has 1 aromatic carbocycles. The van der Waals surface area contributed by atoms with Gasteiger partial charge >= 0.3 is 5.97 Å². The van der Waals surface area contributed by atoms with Crippen LogP contribution in [0, 0.1) is 12.3 Å². The predicted octanol–water partition coefficient (Wildman–Crippen LogP) is 2.15. The van der Waals surface area contributed by atoms with Gasteiger partial charge in [-0.1, -0.05) is 24.1 Å². The molecule has 0 amide bonds. The van der Waals surface area contributed by atoms with Crippen molar-refractivity contribution in [2.75, 3.05) is 19.1 Å². The molecule has 160 valence electrons. The van der Waals surface area contributed by atoms with Gasteiger partial charge in [0.15, 0.2) is 12.4 Å². The second-order valence-electron chi connectivity index (χ2n) is 6.91. The molecule has 3 aromatic rings. The Morgan fingerprint density at radius 3 is 2.87 bits per heavy atom. The average molecular weight is 443 g/mol. The van der Waals surface area contributed by atoms with Crippen molar-refractivity contribution in [2.24, 2.45) is 0 Å². The number of nitrogen functional groups attached to an aromatic ring is 1. The number of carbonyl (C=O) groups is 1. The van der Waals surface area contributed by atoms with E-state index in [-0.39, 0.29) is 24.3 Å². The number of benzene rings is 1. The summed E-state index contributed by atoms with van der Waals surface area (Å²) in [4.78, 5) is 20.3. The molecule has 3 atom stereocenters. The summed E-state index contributed by atoms with van der Waals surface area (Å²) < 4.78 is 18.6. The van der Waals surface area contributed by atoms with Gasteiger partial charge in [-0.3, -0.25) is 0 Å². The molecule has 0 saturated carbocycles. The summed E-state index contributed by atoms with van der Waals surface area (Å²) in [6.07, 6.45) is 6.28. The van der Waals surface area contributed by atoms with Crippen LogP contribution in [0.1, 0.15) is 23.0 Å². The zero-order valence-corrected chi connectivity index (χ0v) is 17.0. The monoisotopic (exact) mass is 442 g/mol. The topological polar surface area (TPSA) is 122 Å². The Kier molecular flexibility index (Phi) is 5.80. The SMILES string of the molecule is C#C[C@]1(CO)O[C@@H](n2ccc3c(N)nc(Cl)nc32)C[C@@H]1OCOC(=O)c1ccccc1. The van der Waals surface area contributed by atoms with Gasteiger partial charge in [-0.15, -0.1) is 6.42 Å². The Balaban J connectivity index is 1.51. The molecule has 0 bridgehead atoms. The lowest BCUT2D eigenvalue weighted by Gasteiger charge is -2.26. The molecule has 1 fully saturated rings. The first-order valence-corrected chi connectivity index (χ1v) is 9.75. The predicted molar refractivity (Wildman–Crippen MR) is 112 cm³/mol. The molecule has 1 aliphatic heterocycles. The normalized spacial score (nSPS) is 23.0. The third-order valence-electron chi connectivity index (χ3n) is 5.11. The molecule has 1 saturated heterocycles. The van der Waals surface area contributed by atoms with Crippen molar-refractivity contribution in [3.63, 3.8) is 0 Å². The number of hydrogen-bond donors (Lipinski definition) is 2. The Hall–Kier alpha value is -3.16. The lowest BCUT2D eigenvalue weighted by molar-refractivity contribution is -0.131. The van der Waals surface area contributed by atoms with Crippen LogP contribution in [0.25, 0.3) is 11.0 Å². The standard InChI is InChI=1S/C21H19ClN4O5/c1-2-21(11-27)15(29-12-30-19(28)13-6-4-3-5-7-13)10-16(31-21)26-9-8-14-17(23)24-20(22)25-18(14)26/h1,3-9,15-16,27H,10-12H2,(H2,23,24,25)/t15-,16+,21+/m0/s1. The number of terminal acetylenes is 1. The van der Waals surface area contributed by atoms with Crippen LogP contribution >= 0.6 is 11.6 Å². The summed E-state index contributed by atoms with van der Waals surface area (Å²) in [6, 6.07) is 10.2. The van der Waals surface area contributed by atoms with Gasteiger partial charge in [0, 0.05) is 12.6 Å². The van der Waals surface area contributed by atoms with Gasteiger partial charge in [0.1, 0.15) is 23.8 Å². The first kappa shape index (κ1) is 21.1. The van der Waals surface area contributed by atoms with Gasteiger partial charge in [-0.2, -0.15) is 4.98 Å². The number of nitrogens with two attached hydrogens (primary N) is 1. The van der Waals surface area contributed by atoms with Crippen molar-refractivity contribution < 1.29 is 24.1 Å². The highest BCUT2D eigenvalue weighted by atomic mass is 35.5. The average Bonchev–Trinajstić information content (AvgIpc) is 3.36. The quantitative estimate of drug-likeness (QED) is 0.258. The minimum absolute atomic E-state index is 0.00561. The van der Waals surface area contributed by atoms with Crippen molar-refractivity contribution in [3.05, 3.63) is 53.4 Å². The molecule has 0 aliphatic carbocycles. The van der Waals surface area contributed by atoms with Crippen molar-refractivity contribution in [3.8, 4) is 12.3 Å². The van der Waals surface area contributed by atoms with Crippen LogP contribution in [-0.4, -0.2) is 50.7 Å². The Bertz CT molecular complexity index is 1150. The smallest absolute Gasteiger partial charge is 0.340 e. The van der Waals surface area contributed by atoms with E-state index in [4.69, 9.17) is 38.0 Å². The van der Waals surface area contributed by atoms with E-state index in [2.05, 4.69) is 15.9 Å². The molecular formula is C21H19ClN4O5. The summed E-state index contributed by atoms with van der Waals surface area (Å²) in [5.74, 6) is 2.17. The van der Waals surface area contributed by atoms with Gasteiger partial charge in [0.05, 0.1) is 17.6 Å². The number of nitrogens with zero attached hydrogens (tertiary/aromatic N) is 3. The van der Waals surface area contributed by atoms with Gasteiger partial charge in [-0.05, 0) is 29.8 Å². The number of esters is 1. The van der Waals surface area contributed by atoms with Crippen LogP contribution in [0.3, 0.4) is 0 Å². The van der Waals surface area contributed by atoms with E-state index in [1.54, 1.807) is 47.2 Å². The van der Waals surface area contributed by atoms with Crippen LogP contribution in [0.2, 0.25) is 5.28 Å². The number of fused-ring (bicyclic) bond motifs is 1. The molecule has 0 radical (unpaired) electrons. The first-order chi connectivity index (χ1) is 15.0. The van der Waals surface area contributed by atoms with Crippen LogP contribution in [0.15, 0.2) is 42.6 Å². The molecule has 31 heavy (non-hydrogen) atoms. The van der Waals surface area contributed by atoms with Gasteiger partial charge in [-0.25, -0.2) is 9.78 Å². The van der Waals surface area contributed by atoms with E-state index in [0.717, 1.165) is 0 Å². The number of aliphatic hydroxyl groups excluding tert-OH is 1. The molecule has 0 spiro atoms. The summed E-state index contributed by atoms with van der Waals surface area (Å²) in [5, 5.41) is 10.6. The van der Waals surface area contributed by atoms with E-state index < -0.39 is 30.5 Å². The Morgan fingerprint density at radius 1 is 1.39 bits per heavy atom. The third-order valence-corrected chi connectivity index (χ3v) is 5.28. The number of carbonyl (C=O) groups excluding carboxylic acids is 1. The van der Waals surface area contributed by atoms with Gasteiger partial charge in [0.25, 0.3) is 0 Å². The zero-order chi connectivity index (χ0) is 22.0. The maximum atomic E-state index is 12.1. The third kappa shape index (κ3) is 3.94. The number of hydrogen-bond acceptors (Lipinski definition) is 8. The zero-order valence-electron chi connectivity index (χ0n) is 16.3. The number of aliphatic hydroxyl groups is 1. The van der Waals surface area contributed by atoms with Crippen LogP contribution in [0.5, 0.6) is 0 Å². The molecule has 0 unspecified atom stereocenters. The number of rotatable bonds is 6. The van der Waals surface area contributed by atoms with E-state index in [0.29, 0.717) is 16.6 Å². The van der Waals surface area contributed by atoms with Crippen molar-refractivity contribution in [1.29, 1.82) is 0 Å². The second kappa shape index (κ2) is 8.53. The van der Waals surface area contributed by atoms with Crippen molar-refractivity contribution >= 4 is 34.4 Å². The van der Waals surface area contributed by atoms with E-state index in [1.807, 2.05) is 0 Å². The Morgan fingerprint density at radius 2 is 2.16 bits per heavy atom. The Labute approximate surface area is 182 Å². The fraction of sp³-hybridized carbons (Fsp3) is 0.286. The summed E-state index contributed by atoms with van der Waals surface area (Å²) in [7, 11) is 0. The molecule has 2 aromatic heterocycles. The molecule has 4 rings (SSSR count). The largest absolute Gasteiger partial charge is 0.435 e. The highest BCUT2D eigenvalue weighted by Crippen LogP contribution is 2.40. The highest BCUT2D eigenvalue weighted by molar-refractivity contribution is 6.28. The van der Waals surface area contributed by atoms with E-state index in [1.165, 1.54) is 0 Å². The highest BCUT2D eigenvalue weighted by Gasteiger charge is 2.49. The van der Waals surface area contributed by atoms with Crippen LogP contribution < -0.4 is 5.73 Å². The fourth-order valence-electron chi connectivity index (χ4n) is 3.51. The molecular weight excluding hydrogens is 424 g/mol.